The fourth-order valence-electron chi connectivity index (χ4n) is 3.70. The number of hydrogen-bond donors (Lipinski definition) is 1. The Bertz CT molecular complexity index is 1140. The van der Waals surface area contributed by atoms with Gasteiger partial charge in [0.05, 0.1) is 12.7 Å². The maximum absolute atomic E-state index is 12.8. The summed E-state index contributed by atoms with van der Waals surface area (Å²) in [6, 6.07) is 18.4. The van der Waals surface area contributed by atoms with Crippen molar-refractivity contribution in [2.24, 2.45) is 0 Å². The number of para-hydroxylation sites is 1. The van der Waals surface area contributed by atoms with E-state index in [1.165, 1.54) is 0 Å². The van der Waals surface area contributed by atoms with E-state index in [1.54, 1.807) is 6.26 Å². The van der Waals surface area contributed by atoms with E-state index in [4.69, 9.17) is 4.42 Å². The van der Waals surface area contributed by atoms with Crippen LogP contribution < -0.4 is 5.32 Å². The van der Waals surface area contributed by atoms with Gasteiger partial charge in [0.1, 0.15) is 5.58 Å². The molecular weight excluding hydrogens is 334 g/mol. The van der Waals surface area contributed by atoms with Gasteiger partial charge in [-0.05, 0) is 40.8 Å². The molecule has 4 aromatic rings. The summed E-state index contributed by atoms with van der Waals surface area (Å²) in [6.07, 6.45) is 1.99. The van der Waals surface area contributed by atoms with E-state index in [1.807, 2.05) is 43.3 Å². The predicted octanol–water partition coefficient (Wildman–Crippen LogP) is 6.20. The topological polar surface area (TPSA) is 42.2 Å². The first kappa shape index (κ1) is 17.3. The molecule has 136 valence electrons. The Morgan fingerprint density at radius 1 is 1.04 bits per heavy atom. The number of furan rings is 1. The first-order valence-electron chi connectivity index (χ1n) is 9.32. The van der Waals surface area contributed by atoms with Crippen LogP contribution in [0.5, 0.6) is 0 Å². The van der Waals surface area contributed by atoms with Gasteiger partial charge in [0, 0.05) is 16.6 Å². The molecule has 0 fully saturated rings. The molecule has 0 atom stereocenters. The number of benzene rings is 3. The van der Waals surface area contributed by atoms with Crippen molar-refractivity contribution < 1.29 is 9.21 Å². The number of anilines is 1. The molecule has 1 heterocycles. The highest BCUT2D eigenvalue weighted by Crippen LogP contribution is 2.31. The zero-order valence-corrected chi connectivity index (χ0v) is 15.9. The number of hydrogen-bond acceptors (Lipinski definition) is 2. The molecule has 0 saturated heterocycles. The van der Waals surface area contributed by atoms with Crippen LogP contribution in [0.4, 0.5) is 5.69 Å². The zero-order valence-electron chi connectivity index (χ0n) is 15.9. The monoisotopic (exact) mass is 357 g/mol. The van der Waals surface area contributed by atoms with Gasteiger partial charge in [0.15, 0.2) is 0 Å². The molecule has 0 saturated carbocycles. The van der Waals surface area contributed by atoms with Crippen LogP contribution in [0.2, 0.25) is 0 Å². The van der Waals surface area contributed by atoms with Crippen LogP contribution in [0, 0.1) is 6.92 Å². The second-order valence-electron chi connectivity index (χ2n) is 7.34. The Balaban J connectivity index is 1.68. The van der Waals surface area contributed by atoms with Crippen LogP contribution in [-0.2, 0) is 11.2 Å². The lowest BCUT2D eigenvalue weighted by Crippen LogP contribution is -2.16. The molecule has 3 aromatic carbocycles. The van der Waals surface area contributed by atoms with E-state index < -0.39 is 0 Å². The van der Waals surface area contributed by atoms with Crippen molar-refractivity contribution in [1.82, 2.24) is 0 Å². The quantitative estimate of drug-likeness (QED) is 0.472. The van der Waals surface area contributed by atoms with E-state index in [-0.39, 0.29) is 12.3 Å². The van der Waals surface area contributed by atoms with Gasteiger partial charge in [0.25, 0.3) is 0 Å². The lowest BCUT2D eigenvalue weighted by molar-refractivity contribution is -0.115. The number of fused-ring (bicyclic) bond motifs is 3. The minimum Gasteiger partial charge on any atom is -0.464 e. The maximum atomic E-state index is 12.8. The summed E-state index contributed by atoms with van der Waals surface area (Å²) in [6.45, 7) is 6.31. The van der Waals surface area contributed by atoms with Crippen LogP contribution in [0.15, 0.2) is 65.3 Å². The van der Waals surface area contributed by atoms with Gasteiger partial charge in [-0.1, -0.05) is 62.4 Å². The Kier molecular flexibility index (Phi) is 4.44. The van der Waals surface area contributed by atoms with E-state index >= 15 is 0 Å². The molecule has 1 aromatic heterocycles. The highest BCUT2D eigenvalue weighted by atomic mass is 16.3. The largest absolute Gasteiger partial charge is 0.464 e. The summed E-state index contributed by atoms with van der Waals surface area (Å²) < 4.78 is 5.71. The molecular formula is C24H23NO2. The second-order valence-corrected chi connectivity index (χ2v) is 7.34. The van der Waals surface area contributed by atoms with Gasteiger partial charge >= 0.3 is 0 Å². The fraction of sp³-hybridized carbons (Fsp3) is 0.208. The third kappa shape index (κ3) is 3.21. The average molecular weight is 357 g/mol. The summed E-state index contributed by atoms with van der Waals surface area (Å²) in [5, 5.41) is 6.42. The lowest BCUT2D eigenvalue weighted by atomic mass is 9.98. The third-order valence-electron chi connectivity index (χ3n) is 5.08. The molecule has 27 heavy (non-hydrogen) atoms. The Hall–Kier alpha value is -3.07. The van der Waals surface area contributed by atoms with Gasteiger partial charge < -0.3 is 9.73 Å². The summed E-state index contributed by atoms with van der Waals surface area (Å²) in [5.74, 6) is 0.320. The average Bonchev–Trinajstić information content (AvgIpc) is 3.06. The number of nitrogens with one attached hydrogen (secondary N) is 1. The molecule has 4 rings (SSSR count). The van der Waals surface area contributed by atoms with E-state index in [2.05, 4.69) is 37.4 Å². The Labute approximate surface area is 159 Å². The van der Waals surface area contributed by atoms with Crippen molar-refractivity contribution in [3.8, 4) is 0 Å². The minimum absolute atomic E-state index is 0.0261. The Morgan fingerprint density at radius 3 is 2.67 bits per heavy atom. The van der Waals surface area contributed by atoms with E-state index in [0.717, 1.165) is 44.1 Å². The van der Waals surface area contributed by atoms with Gasteiger partial charge in [-0.25, -0.2) is 0 Å². The molecule has 0 aliphatic rings. The van der Waals surface area contributed by atoms with E-state index in [9.17, 15) is 4.79 Å². The highest BCUT2D eigenvalue weighted by molar-refractivity contribution is 6.09. The lowest BCUT2D eigenvalue weighted by Gasteiger charge is -2.16. The summed E-state index contributed by atoms with van der Waals surface area (Å²) >= 11 is 0. The van der Waals surface area contributed by atoms with Crippen LogP contribution in [0.1, 0.15) is 36.5 Å². The predicted molar refractivity (Wildman–Crippen MR) is 111 cm³/mol. The van der Waals surface area contributed by atoms with Gasteiger partial charge in [-0.15, -0.1) is 0 Å². The SMILES string of the molecule is Cc1cccc(C(C)C)c1NC(=O)Cc1coc2ccc3ccccc3c12. The molecule has 1 amide bonds. The van der Waals surface area contributed by atoms with Crippen molar-refractivity contribution in [2.75, 3.05) is 5.32 Å². The fourth-order valence-corrected chi connectivity index (χ4v) is 3.70. The molecule has 0 aliphatic carbocycles. The molecule has 0 aliphatic heterocycles. The van der Waals surface area contributed by atoms with Crippen molar-refractivity contribution in [2.45, 2.75) is 33.1 Å². The van der Waals surface area contributed by atoms with Crippen molar-refractivity contribution in [3.63, 3.8) is 0 Å². The highest BCUT2D eigenvalue weighted by Gasteiger charge is 2.16. The Morgan fingerprint density at radius 2 is 1.85 bits per heavy atom. The van der Waals surface area contributed by atoms with Gasteiger partial charge in [-0.3, -0.25) is 4.79 Å². The van der Waals surface area contributed by atoms with Crippen LogP contribution in [0.25, 0.3) is 21.7 Å². The van der Waals surface area contributed by atoms with Crippen LogP contribution in [0.3, 0.4) is 0 Å². The van der Waals surface area contributed by atoms with Gasteiger partial charge in [-0.2, -0.15) is 0 Å². The first-order valence-corrected chi connectivity index (χ1v) is 9.32. The summed E-state index contributed by atoms with van der Waals surface area (Å²) in [5.41, 5.74) is 4.90. The molecule has 0 radical (unpaired) electrons. The maximum Gasteiger partial charge on any atom is 0.228 e. The molecule has 0 bridgehead atoms. The minimum atomic E-state index is -0.0261. The first-order chi connectivity index (χ1) is 13.0. The number of carbonyl (C=O) groups is 1. The number of aryl methyl sites for hydroxylation is 1. The normalized spacial score (nSPS) is 11.4. The molecule has 3 heteroatoms. The van der Waals surface area contributed by atoms with Gasteiger partial charge in [0.2, 0.25) is 5.91 Å². The van der Waals surface area contributed by atoms with Crippen LogP contribution >= 0.6 is 0 Å². The number of amides is 1. The summed E-state index contributed by atoms with van der Waals surface area (Å²) in [4.78, 5) is 12.8. The van der Waals surface area contributed by atoms with Crippen molar-refractivity contribution >= 4 is 33.3 Å². The number of rotatable bonds is 4. The standard InChI is InChI=1S/C24H23NO2/c1-15(2)19-10-6-7-16(3)24(19)25-22(26)13-18-14-27-21-12-11-17-8-4-5-9-20(17)23(18)21/h4-12,14-15H,13H2,1-3H3,(H,25,26). The molecule has 1 N–H and O–H groups in total. The second kappa shape index (κ2) is 6.92. The van der Waals surface area contributed by atoms with E-state index in [0.29, 0.717) is 5.92 Å². The molecule has 0 spiro atoms. The third-order valence-corrected chi connectivity index (χ3v) is 5.08. The zero-order chi connectivity index (χ0) is 19.0. The molecule has 0 unspecified atom stereocenters. The van der Waals surface area contributed by atoms with Crippen molar-refractivity contribution in [1.29, 1.82) is 0 Å². The van der Waals surface area contributed by atoms with Crippen molar-refractivity contribution in [3.05, 3.63) is 77.6 Å². The molecule has 3 nitrogen and oxygen atoms in total. The smallest absolute Gasteiger partial charge is 0.228 e. The summed E-state index contributed by atoms with van der Waals surface area (Å²) in [7, 11) is 0. The number of carbonyl (C=O) groups excluding carboxylic acids is 1. The van der Waals surface area contributed by atoms with Crippen LogP contribution in [-0.4, -0.2) is 5.91 Å².